The van der Waals surface area contributed by atoms with Crippen LogP contribution in [0.15, 0.2) is 28.8 Å². The maximum Gasteiger partial charge on any atom is 0.258 e. The topological polar surface area (TPSA) is 71.9 Å². The summed E-state index contributed by atoms with van der Waals surface area (Å²) in [6, 6.07) is 9.06. The smallest absolute Gasteiger partial charge is 0.258 e. The minimum atomic E-state index is -0.580. The fraction of sp³-hybridized carbons (Fsp3) is 0.357. The summed E-state index contributed by atoms with van der Waals surface area (Å²) in [4.78, 5) is 4.34. The lowest BCUT2D eigenvalue weighted by Crippen LogP contribution is -2.23. The van der Waals surface area contributed by atoms with Gasteiger partial charge >= 0.3 is 0 Å². The minimum absolute atomic E-state index is 0.423. The van der Waals surface area contributed by atoms with Crippen LogP contribution in [0.2, 0.25) is 0 Å². The predicted octanol–water partition coefficient (Wildman–Crippen LogP) is 2.88. The first-order valence-corrected chi connectivity index (χ1v) is 6.05. The van der Waals surface area contributed by atoms with Crippen LogP contribution in [-0.2, 0) is 10.3 Å². The van der Waals surface area contributed by atoms with Crippen molar-refractivity contribution in [2.24, 2.45) is 0 Å². The summed E-state index contributed by atoms with van der Waals surface area (Å²) in [6.45, 7) is 6.28. The third-order valence-electron chi connectivity index (χ3n) is 2.73. The van der Waals surface area contributed by atoms with Crippen LogP contribution in [0.1, 0.15) is 32.2 Å². The van der Waals surface area contributed by atoms with E-state index in [0.29, 0.717) is 23.9 Å². The van der Waals surface area contributed by atoms with Crippen LogP contribution in [-0.4, -0.2) is 16.7 Å². The zero-order chi connectivity index (χ0) is 13.9. The van der Waals surface area contributed by atoms with E-state index in [1.165, 1.54) is 0 Å². The molecule has 0 N–H and O–H groups in total. The van der Waals surface area contributed by atoms with Gasteiger partial charge in [-0.1, -0.05) is 5.16 Å². The third kappa shape index (κ3) is 2.80. The van der Waals surface area contributed by atoms with E-state index in [0.717, 1.165) is 5.56 Å². The zero-order valence-electron chi connectivity index (χ0n) is 11.2. The normalized spacial score (nSPS) is 11.3. The summed E-state index contributed by atoms with van der Waals surface area (Å²) in [5.74, 6) is 0.931. The summed E-state index contributed by atoms with van der Waals surface area (Å²) < 4.78 is 10.8. The molecule has 5 nitrogen and oxygen atoms in total. The molecular formula is C14H15N3O2. The minimum Gasteiger partial charge on any atom is -0.368 e. The molecule has 0 aliphatic rings. The van der Waals surface area contributed by atoms with E-state index in [1.54, 1.807) is 24.3 Å². The van der Waals surface area contributed by atoms with E-state index in [9.17, 15) is 0 Å². The fourth-order valence-electron chi connectivity index (χ4n) is 1.70. The lowest BCUT2D eigenvalue weighted by molar-refractivity contribution is -0.0221. The van der Waals surface area contributed by atoms with Gasteiger partial charge in [0, 0.05) is 12.2 Å². The predicted molar refractivity (Wildman–Crippen MR) is 69.1 cm³/mol. The molecular weight excluding hydrogens is 242 g/mol. The van der Waals surface area contributed by atoms with Gasteiger partial charge < -0.3 is 9.26 Å². The summed E-state index contributed by atoms with van der Waals surface area (Å²) in [6.07, 6.45) is 0. The second-order valence-corrected chi connectivity index (χ2v) is 4.56. The van der Waals surface area contributed by atoms with Crippen molar-refractivity contribution in [2.45, 2.75) is 26.4 Å². The number of benzene rings is 1. The first-order chi connectivity index (χ1) is 9.06. The van der Waals surface area contributed by atoms with E-state index in [1.807, 2.05) is 20.8 Å². The summed E-state index contributed by atoms with van der Waals surface area (Å²) in [5.41, 5.74) is 0.798. The Morgan fingerprint density at radius 2 is 2.00 bits per heavy atom. The molecule has 1 heterocycles. The fourth-order valence-corrected chi connectivity index (χ4v) is 1.70. The molecule has 0 radical (unpaired) electrons. The van der Waals surface area contributed by atoms with Gasteiger partial charge in [-0.25, -0.2) is 0 Å². The Morgan fingerprint density at radius 1 is 1.32 bits per heavy atom. The number of nitrogens with zero attached hydrogens (tertiary/aromatic N) is 3. The second-order valence-electron chi connectivity index (χ2n) is 4.56. The maximum atomic E-state index is 8.75. The summed E-state index contributed by atoms with van der Waals surface area (Å²) >= 11 is 0. The molecule has 0 aliphatic heterocycles. The third-order valence-corrected chi connectivity index (χ3v) is 2.73. The molecule has 1 aromatic heterocycles. The van der Waals surface area contributed by atoms with Gasteiger partial charge in [-0.2, -0.15) is 10.2 Å². The molecule has 0 atom stereocenters. The van der Waals surface area contributed by atoms with E-state index in [-0.39, 0.29) is 0 Å². The standard InChI is InChI=1S/C14H15N3O2/c1-4-18-14(2,3)13-16-12(19-17-13)11-7-5-10(9-15)6-8-11/h5-8H,4H2,1-3H3. The Morgan fingerprint density at radius 3 is 2.58 bits per heavy atom. The largest absolute Gasteiger partial charge is 0.368 e. The molecule has 2 aromatic rings. The van der Waals surface area contributed by atoms with Crippen molar-refractivity contribution < 1.29 is 9.26 Å². The highest BCUT2D eigenvalue weighted by molar-refractivity contribution is 5.54. The average Bonchev–Trinajstić information content (AvgIpc) is 2.89. The summed E-state index contributed by atoms with van der Waals surface area (Å²) in [5, 5.41) is 12.7. The SMILES string of the molecule is CCOC(C)(C)c1noc(-c2ccc(C#N)cc2)n1. The molecule has 0 spiro atoms. The molecule has 0 saturated carbocycles. The molecule has 1 aromatic carbocycles. The van der Waals surface area contributed by atoms with Gasteiger partial charge in [0.2, 0.25) is 5.82 Å². The van der Waals surface area contributed by atoms with E-state index in [2.05, 4.69) is 16.2 Å². The Hall–Kier alpha value is -2.19. The van der Waals surface area contributed by atoms with Gasteiger partial charge in [0.1, 0.15) is 5.60 Å². The first kappa shape index (κ1) is 13.2. The van der Waals surface area contributed by atoms with Crippen molar-refractivity contribution in [1.82, 2.24) is 10.1 Å². The van der Waals surface area contributed by atoms with Crippen molar-refractivity contribution in [3.63, 3.8) is 0 Å². The highest BCUT2D eigenvalue weighted by Crippen LogP contribution is 2.25. The maximum absolute atomic E-state index is 8.75. The quantitative estimate of drug-likeness (QED) is 0.842. The Kier molecular flexibility index (Phi) is 3.63. The van der Waals surface area contributed by atoms with Gasteiger partial charge in [0.15, 0.2) is 0 Å². The Bertz CT molecular complexity index is 594. The average molecular weight is 257 g/mol. The summed E-state index contributed by atoms with van der Waals surface area (Å²) in [7, 11) is 0. The number of ether oxygens (including phenoxy) is 1. The number of aromatic nitrogens is 2. The first-order valence-electron chi connectivity index (χ1n) is 6.05. The molecule has 0 unspecified atom stereocenters. The van der Waals surface area contributed by atoms with Crippen molar-refractivity contribution in [2.75, 3.05) is 6.61 Å². The van der Waals surface area contributed by atoms with Crippen LogP contribution in [0.4, 0.5) is 0 Å². The van der Waals surface area contributed by atoms with E-state index < -0.39 is 5.60 Å². The lowest BCUT2D eigenvalue weighted by atomic mass is 10.1. The molecule has 0 bridgehead atoms. The van der Waals surface area contributed by atoms with E-state index in [4.69, 9.17) is 14.5 Å². The van der Waals surface area contributed by atoms with Gasteiger partial charge in [-0.15, -0.1) is 0 Å². The molecule has 5 heteroatoms. The molecule has 0 fully saturated rings. The van der Waals surface area contributed by atoms with Crippen molar-refractivity contribution in [3.8, 4) is 17.5 Å². The van der Waals surface area contributed by atoms with Crippen molar-refractivity contribution in [1.29, 1.82) is 5.26 Å². The number of rotatable bonds is 4. The zero-order valence-corrected chi connectivity index (χ0v) is 11.2. The second kappa shape index (κ2) is 5.21. The van der Waals surface area contributed by atoms with Crippen LogP contribution < -0.4 is 0 Å². The van der Waals surface area contributed by atoms with Crippen LogP contribution in [0.5, 0.6) is 0 Å². The van der Waals surface area contributed by atoms with Gasteiger partial charge in [0.05, 0.1) is 11.6 Å². The molecule has 0 aliphatic carbocycles. The van der Waals surface area contributed by atoms with Crippen LogP contribution in [0, 0.1) is 11.3 Å². The Labute approximate surface area is 111 Å². The monoisotopic (exact) mass is 257 g/mol. The highest BCUT2D eigenvalue weighted by atomic mass is 16.5. The molecule has 19 heavy (non-hydrogen) atoms. The molecule has 0 amide bonds. The lowest BCUT2D eigenvalue weighted by Gasteiger charge is -2.19. The van der Waals surface area contributed by atoms with Crippen LogP contribution in [0.25, 0.3) is 11.5 Å². The Balaban J connectivity index is 2.28. The highest BCUT2D eigenvalue weighted by Gasteiger charge is 2.27. The van der Waals surface area contributed by atoms with Crippen molar-refractivity contribution >= 4 is 0 Å². The van der Waals surface area contributed by atoms with Gasteiger partial charge in [-0.3, -0.25) is 0 Å². The van der Waals surface area contributed by atoms with Crippen molar-refractivity contribution in [3.05, 3.63) is 35.7 Å². The van der Waals surface area contributed by atoms with Gasteiger partial charge in [-0.05, 0) is 45.0 Å². The van der Waals surface area contributed by atoms with E-state index >= 15 is 0 Å². The molecule has 2 rings (SSSR count). The van der Waals surface area contributed by atoms with Crippen LogP contribution >= 0.6 is 0 Å². The number of hydrogen-bond acceptors (Lipinski definition) is 5. The van der Waals surface area contributed by atoms with Gasteiger partial charge in [0.25, 0.3) is 5.89 Å². The molecule has 0 saturated heterocycles. The number of hydrogen-bond donors (Lipinski definition) is 0. The van der Waals surface area contributed by atoms with Crippen LogP contribution in [0.3, 0.4) is 0 Å². The molecule has 98 valence electrons. The number of nitriles is 1.